The Hall–Kier alpha value is -3.15. The second-order valence-corrected chi connectivity index (χ2v) is 4.98. The second kappa shape index (κ2) is 5.92. The Morgan fingerprint density at radius 2 is 1.87 bits per heavy atom. The molecule has 0 bridgehead atoms. The van der Waals surface area contributed by atoms with Crippen LogP contribution >= 0.6 is 0 Å². The number of ether oxygens (including phenoxy) is 1. The molecule has 0 radical (unpaired) electrons. The van der Waals surface area contributed by atoms with Crippen LogP contribution in [0.2, 0.25) is 0 Å². The van der Waals surface area contributed by atoms with Gasteiger partial charge in [0.1, 0.15) is 0 Å². The number of nitrogens with zero attached hydrogens (tertiary/aromatic N) is 1. The second-order valence-electron chi connectivity index (χ2n) is 4.98. The van der Waals surface area contributed by atoms with E-state index in [1.165, 1.54) is 0 Å². The van der Waals surface area contributed by atoms with Crippen molar-refractivity contribution in [2.24, 2.45) is 0 Å². The van der Waals surface area contributed by atoms with E-state index in [4.69, 9.17) is 4.74 Å². The molecular weight excluding hydrogens is 298 g/mol. The smallest absolute Gasteiger partial charge is 0.395 e. The monoisotopic (exact) mass is 311 g/mol. The van der Waals surface area contributed by atoms with Crippen molar-refractivity contribution in [1.82, 2.24) is 4.98 Å². The van der Waals surface area contributed by atoms with Crippen LogP contribution in [0.25, 0.3) is 11.1 Å². The maximum atomic E-state index is 12.4. The molecule has 0 aliphatic heterocycles. The van der Waals surface area contributed by atoms with Gasteiger partial charge in [0, 0.05) is 6.20 Å². The van der Waals surface area contributed by atoms with Crippen LogP contribution in [-0.4, -0.2) is 11.0 Å². The number of carbonyl (C=O) groups is 1. The van der Waals surface area contributed by atoms with E-state index in [1.54, 1.807) is 19.2 Å². The van der Waals surface area contributed by atoms with Gasteiger partial charge >= 0.3 is 17.7 Å². The average Bonchev–Trinajstić information content (AvgIpc) is 2.92. The summed E-state index contributed by atoms with van der Waals surface area (Å²) < 4.78 is 14.1. The minimum atomic E-state index is -0.936. The number of hydrogen-bond acceptors (Lipinski definition) is 6. The van der Waals surface area contributed by atoms with Crippen molar-refractivity contribution in [2.45, 2.75) is 13.8 Å². The third kappa shape index (κ3) is 3.06. The number of pyridine rings is 1. The molecule has 0 unspecified atom stereocenters. The molecule has 0 fully saturated rings. The minimum Gasteiger partial charge on any atom is -0.395 e. The first-order chi connectivity index (χ1) is 11.0. The summed E-state index contributed by atoms with van der Waals surface area (Å²) in [7, 11) is 0. The first kappa shape index (κ1) is 14.8. The van der Waals surface area contributed by atoms with Crippen LogP contribution in [0.5, 0.6) is 5.95 Å². The number of benzene rings is 1. The predicted octanol–water partition coefficient (Wildman–Crippen LogP) is 3.13. The van der Waals surface area contributed by atoms with Crippen molar-refractivity contribution >= 4 is 5.97 Å². The molecule has 1 aromatic carbocycles. The molecule has 0 atom stereocenters. The summed E-state index contributed by atoms with van der Waals surface area (Å²) in [5.74, 6) is -1.90. The number of aromatic nitrogens is 1. The Morgan fingerprint density at radius 3 is 2.52 bits per heavy atom. The molecule has 2 aromatic heterocycles. The predicted molar refractivity (Wildman–Crippen MR) is 81.3 cm³/mol. The van der Waals surface area contributed by atoms with E-state index in [-0.39, 0.29) is 5.95 Å². The number of aryl methyl sites for hydroxylation is 2. The molecule has 23 heavy (non-hydrogen) atoms. The van der Waals surface area contributed by atoms with E-state index in [0.29, 0.717) is 16.8 Å². The highest BCUT2D eigenvalue weighted by molar-refractivity contribution is 5.99. The van der Waals surface area contributed by atoms with Crippen molar-refractivity contribution in [3.63, 3.8) is 0 Å². The molecule has 116 valence electrons. The molecule has 3 rings (SSSR count). The molecule has 0 aliphatic rings. The lowest BCUT2D eigenvalue weighted by Gasteiger charge is -2.10. The summed E-state index contributed by atoms with van der Waals surface area (Å²) in [6.45, 7) is 3.69. The molecule has 6 nitrogen and oxygen atoms in total. The molecule has 0 aliphatic carbocycles. The van der Waals surface area contributed by atoms with Gasteiger partial charge in [0.25, 0.3) is 0 Å². The van der Waals surface area contributed by atoms with E-state index < -0.39 is 11.8 Å². The van der Waals surface area contributed by atoms with Gasteiger partial charge in [0.05, 0.1) is 11.3 Å². The van der Waals surface area contributed by atoms with Crippen molar-refractivity contribution in [3.05, 3.63) is 70.2 Å². The van der Waals surface area contributed by atoms with E-state index in [9.17, 15) is 9.59 Å². The van der Waals surface area contributed by atoms with Gasteiger partial charge < -0.3 is 13.6 Å². The maximum Gasteiger partial charge on any atom is 0.521 e. The van der Waals surface area contributed by atoms with E-state index in [1.807, 2.05) is 31.2 Å². The third-order valence-corrected chi connectivity index (χ3v) is 3.34. The van der Waals surface area contributed by atoms with Gasteiger partial charge in [-0.2, -0.15) is 0 Å². The fraction of sp³-hybridized carbons (Fsp3) is 0.118. The van der Waals surface area contributed by atoms with Crippen LogP contribution in [0.3, 0.4) is 0 Å². The maximum absolute atomic E-state index is 12.4. The lowest BCUT2D eigenvalue weighted by Crippen LogP contribution is -2.12. The van der Waals surface area contributed by atoms with Gasteiger partial charge in [-0.15, -0.1) is 0 Å². The Bertz CT molecular complexity index is 905. The van der Waals surface area contributed by atoms with Gasteiger partial charge in [-0.3, -0.25) is 4.98 Å². The number of hydrogen-bond donors (Lipinski definition) is 0. The molecule has 2 heterocycles. The molecule has 6 heteroatoms. The van der Waals surface area contributed by atoms with E-state index >= 15 is 0 Å². The summed E-state index contributed by atoms with van der Waals surface area (Å²) in [6.07, 6.45) is 2.57. The lowest BCUT2D eigenvalue weighted by molar-refractivity contribution is 0.0691. The van der Waals surface area contributed by atoms with E-state index in [2.05, 4.69) is 13.8 Å². The van der Waals surface area contributed by atoms with Crippen molar-refractivity contribution in [3.8, 4) is 17.1 Å². The molecule has 0 N–H and O–H groups in total. The number of carbonyl (C=O) groups excluding carboxylic acids is 1. The number of esters is 1. The molecule has 0 spiro atoms. The summed E-state index contributed by atoms with van der Waals surface area (Å²) in [6, 6.07) is 9.47. The molecule has 0 saturated carbocycles. The fourth-order valence-electron chi connectivity index (χ4n) is 2.21. The molecule has 0 saturated heterocycles. The van der Waals surface area contributed by atoms with E-state index in [0.717, 1.165) is 17.4 Å². The summed E-state index contributed by atoms with van der Waals surface area (Å²) >= 11 is 0. The molecule has 0 amide bonds. The van der Waals surface area contributed by atoms with Crippen LogP contribution in [0.1, 0.15) is 21.6 Å². The zero-order chi connectivity index (χ0) is 16.4. The zero-order valence-electron chi connectivity index (χ0n) is 12.5. The summed E-state index contributed by atoms with van der Waals surface area (Å²) in [4.78, 5) is 27.4. The van der Waals surface area contributed by atoms with Crippen LogP contribution < -0.4 is 10.6 Å². The largest absolute Gasteiger partial charge is 0.521 e. The quantitative estimate of drug-likeness (QED) is 0.691. The lowest BCUT2D eigenvalue weighted by atomic mass is 9.98. The zero-order valence-corrected chi connectivity index (χ0v) is 12.5. The van der Waals surface area contributed by atoms with Crippen LogP contribution in [0, 0.1) is 13.8 Å². The van der Waals surface area contributed by atoms with Gasteiger partial charge in [0.2, 0.25) is 0 Å². The van der Waals surface area contributed by atoms with Crippen LogP contribution in [0.15, 0.2) is 56.4 Å². The molecular formula is C17H13NO5. The van der Waals surface area contributed by atoms with Crippen molar-refractivity contribution in [2.75, 3.05) is 0 Å². The van der Waals surface area contributed by atoms with Crippen LogP contribution in [0.4, 0.5) is 0 Å². The van der Waals surface area contributed by atoms with Gasteiger partial charge in [-0.05, 0) is 31.0 Å². The van der Waals surface area contributed by atoms with Gasteiger partial charge in [-0.1, -0.05) is 29.8 Å². The normalized spacial score (nSPS) is 10.5. The summed E-state index contributed by atoms with van der Waals surface area (Å²) in [5, 5.41) is 0. The van der Waals surface area contributed by atoms with Crippen molar-refractivity contribution < 1.29 is 18.4 Å². The first-order valence-electron chi connectivity index (χ1n) is 6.88. The van der Waals surface area contributed by atoms with Gasteiger partial charge in [0.15, 0.2) is 6.26 Å². The highest BCUT2D eigenvalue weighted by Gasteiger charge is 2.20. The Labute approximate surface area is 131 Å². The topological polar surface area (TPSA) is 82.5 Å². The SMILES string of the molecule is Cc1ccc(-c2ccnc(C)c2C(=O)Oc2coc(=O)o2)cc1. The minimum absolute atomic E-state index is 0.293. The highest BCUT2D eigenvalue weighted by atomic mass is 16.7. The summed E-state index contributed by atoms with van der Waals surface area (Å²) in [5.41, 5.74) is 3.48. The Morgan fingerprint density at radius 1 is 1.13 bits per heavy atom. The average molecular weight is 311 g/mol. The van der Waals surface area contributed by atoms with Crippen LogP contribution in [-0.2, 0) is 0 Å². The third-order valence-electron chi connectivity index (χ3n) is 3.34. The molecule has 3 aromatic rings. The number of rotatable bonds is 3. The highest BCUT2D eigenvalue weighted by Crippen LogP contribution is 2.26. The Kier molecular flexibility index (Phi) is 3.80. The Balaban J connectivity index is 2.02. The van der Waals surface area contributed by atoms with Crippen molar-refractivity contribution in [1.29, 1.82) is 0 Å². The fourth-order valence-corrected chi connectivity index (χ4v) is 2.21. The van der Waals surface area contributed by atoms with Gasteiger partial charge in [-0.25, -0.2) is 9.59 Å². The standard InChI is InChI=1S/C17H13NO5/c1-10-3-5-12(6-4-10)13-7-8-18-11(2)15(13)16(19)22-14-9-21-17(20)23-14/h3-9H,1-2H3. The first-order valence-corrected chi connectivity index (χ1v) is 6.88.